The number of esters is 1. The summed E-state index contributed by atoms with van der Waals surface area (Å²) in [4.78, 5) is 37.1. The molecule has 1 N–H and O–H groups in total. The van der Waals surface area contributed by atoms with Gasteiger partial charge in [0.2, 0.25) is 0 Å². The van der Waals surface area contributed by atoms with E-state index in [1.807, 2.05) is 13.8 Å². The van der Waals surface area contributed by atoms with Crippen molar-refractivity contribution in [2.24, 2.45) is 5.41 Å². The predicted molar refractivity (Wildman–Crippen MR) is 106 cm³/mol. The number of carbonyl (C=O) groups is 3. The Morgan fingerprint density at radius 3 is 2.22 bits per heavy atom. The number of fused-ring (bicyclic) bond motifs is 2. The Labute approximate surface area is 166 Å². The van der Waals surface area contributed by atoms with Gasteiger partial charge in [0.05, 0.1) is 12.2 Å². The number of anilines is 1. The molecule has 2 aromatic rings. The zero-order valence-corrected chi connectivity index (χ0v) is 17.0. The molecule has 2 aromatic carbocycles. The Kier molecular flexibility index (Phi) is 5.20. The number of halogens is 1. The molecule has 0 bridgehead atoms. The lowest BCUT2D eigenvalue weighted by Gasteiger charge is -2.27. The highest BCUT2D eigenvalue weighted by atomic mass is 79.9. The fourth-order valence-electron chi connectivity index (χ4n) is 3.01. The van der Waals surface area contributed by atoms with Crippen LogP contribution in [0.25, 0.3) is 0 Å². The van der Waals surface area contributed by atoms with Crippen LogP contribution in [-0.2, 0) is 9.53 Å². The van der Waals surface area contributed by atoms with Gasteiger partial charge < -0.3 is 10.1 Å². The molecule has 0 saturated carbocycles. The number of rotatable bonds is 5. The predicted octanol–water partition coefficient (Wildman–Crippen LogP) is 4.23. The van der Waals surface area contributed by atoms with Gasteiger partial charge in [-0.3, -0.25) is 14.4 Å². The van der Waals surface area contributed by atoms with Crippen LogP contribution in [0, 0.1) is 5.41 Å². The molecule has 0 radical (unpaired) electrons. The van der Waals surface area contributed by atoms with E-state index < -0.39 is 0 Å². The van der Waals surface area contributed by atoms with Crippen molar-refractivity contribution in [2.75, 3.05) is 18.5 Å². The number of carbonyl (C=O) groups excluding carboxylic acids is 3. The molecule has 6 heteroatoms. The summed E-state index contributed by atoms with van der Waals surface area (Å²) >= 11 is 3.41. The summed E-state index contributed by atoms with van der Waals surface area (Å²) in [7, 11) is 0. The first-order valence-electron chi connectivity index (χ1n) is 8.59. The molecule has 0 aromatic heterocycles. The maximum Gasteiger partial charge on any atom is 0.302 e. The van der Waals surface area contributed by atoms with Crippen molar-refractivity contribution in [1.29, 1.82) is 0 Å². The van der Waals surface area contributed by atoms with Gasteiger partial charge in [-0.05, 0) is 12.1 Å². The molecule has 27 heavy (non-hydrogen) atoms. The van der Waals surface area contributed by atoms with Crippen molar-refractivity contribution in [3.8, 4) is 0 Å². The fourth-order valence-corrected chi connectivity index (χ4v) is 3.52. The van der Waals surface area contributed by atoms with Crippen LogP contribution in [0.2, 0.25) is 0 Å². The second kappa shape index (κ2) is 7.27. The van der Waals surface area contributed by atoms with Gasteiger partial charge in [0.15, 0.2) is 11.6 Å². The summed E-state index contributed by atoms with van der Waals surface area (Å²) in [5.74, 6) is -0.682. The minimum absolute atomic E-state index is 0.171. The topological polar surface area (TPSA) is 72.5 Å². The van der Waals surface area contributed by atoms with Gasteiger partial charge in [0.25, 0.3) is 0 Å². The molecule has 0 saturated heterocycles. The van der Waals surface area contributed by atoms with Crippen molar-refractivity contribution in [3.05, 3.63) is 63.1 Å². The second-order valence-electron chi connectivity index (χ2n) is 7.35. The lowest BCUT2D eigenvalue weighted by atomic mass is 9.83. The zero-order valence-electron chi connectivity index (χ0n) is 15.4. The van der Waals surface area contributed by atoms with E-state index in [0.717, 1.165) is 0 Å². The van der Waals surface area contributed by atoms with Crippen LogP contribution in [0.15, 0.2) is 40.9 Å². The lowest BCUT2D eigenvalue weighted by molar-refractivity contribution is -0.143. The largest absolute Gasteiger partial charge is 0.465 e. The molecule has 0 spiro atoms. The Hall–Kier alpha value is -2.47. The van der Waals surface area contributed by atoms with Crippen LogP contribution in [-0.4, -0.2) is 30.7 Å². The van der Waals surface area contributed by atoms with Gasteiger partial charge in [-0.25, -0.2) is 0 Å². The van der Waals surface area contributed by atoms with Gasteiger partial charge in [0.1, 0.15) is 0 Å². The maximum atomic E-state index is 13.1. The standard InChI is InChI=1S/C21H20BrNO4/c1-12(24)27-11-21(2,3)10-23-16-9-8-15(22)17-18(16)20(26)14-7-5-4-6-13(14)19(17)25/h4-9,23H,10-11H2,1-3H3. The Morgan fingerprint density at radius 2 is 1.63 bits per heavy atom. The lowest BCUT2D eigenvalue weighted by Crippen LogP contribution is -2.30. The smallest absolute Gasteiger partial charge is 0.302 e. The third-order valence-corrected chi connectivity index (χ3v) is 5.11. The van der Waals surface area contributed by atoms with Crippen LogP contribution in [0.4, 0.5) is 5.69 Å². The molecule has 0 unspecified atom stereocenters. The normalized spacial score (nSPS) is 13.0. The van der Waals surface area contributed by atoms with E-state index >= 15 is 0 Å². The van der Waals surface area contributed by atoms with Gasteiger partial charge in [-0.2, -0.15) is 0 Å². The summed E-state index contributed by atoms with van der Waals surface area (Å²) in [5, 5.41) is 3.26. The van der Waals surface area contributed by atoms with E-state index in [4.69, 9.17) is 4.74 Å². The average molecular weight is 430 g/mol. The first kappa shape index (κ1) is 19.3. The molecule has 0 atom stereocenters. The summed E-state index contributed by atoms with van der Waals surface area (Å²) < 4.78 is 5.70. The minimum atomic E-state index is -0.342. The Bertz CT molecular complexity index is 949. The molecule has 1 aliphatic rings. The molecule has 140 valence electrons. The summed E-state index contributed by atoms with van der Waals surface area (Å²) in [6, 6.07) is 10.4. The number of ketones is 2. The molecule has 0 aliphatic heterocycles. The van der Waals surface area contributed by atoms with E-state index in [0.29, 0.717) is 39.0 Å². The van der Waals surface area contributed by atoms with Crippen LogP contribution < -0.4 is 5.32 Å². The molecule has 1 aliphatic carbocycles. The van der Waals surface area contributed by atoms with E-state index in [2.05, 4.69) is 21.2 Å². The highest BCUT2D eigenvalue weighted by Gasteiger charge is 2.33. The van der Waals surface area contributed by atoms with E-state index in [1.165, 1.54) is 6.92 Å². The van der Waals surface area contributed by atoms with E-state index in [9.17, 15) is 14.4 Å². The number of hydrogen-bond acceptors (Lipinski definition) is 5. The van der Waals surface area contributed by atoms with Crippen LogP contribution in [0.3, 0.4) is 0 Å². The highest BCUT2D eigenvalue weighted by Crippen LogP contribution is 2.36. The summed E-state index contributed by atoms with van der Waals surface area (Å²) in [6.07, 6.45) is 0. The summed E-state index contributed by atoms with van der Waals surface area (Å²) in [6.45, 7) is 6.00. The monoisotopic (exact) mass is 429 g/mol. The first-order chi connectivity index (χ1) is 12.7. The summed E-state index contributed by atoms with van der Waals surface area (Å²) in [5.41, 5.74) is 1.83. The maximum absolute atomic E-state index is 13.1. The molecule has 3 rings (SSSR count). The van der Waals surface area contributed by atoms with Crippen molar-refractivity contribution in [1.82, 2.24) is 0 Å². The van der Waals surface area contributed by atoms with Crippen molar-refractivity contribution < 1.29 is 19.1 Å². The van der Waals surface area contributed by atoms with Gasteiger partial charge in [0, 0.05) is 45.7 Å². The molecular formula is C21H20BrNO4. The third kappa shape index (κ3) is 3.81. The van der Waals surface area contributed by atoms with Crippen LogP contribution in [0.1, 0.15) is 52.6 Å². The van der Waals surface area contributed by atoms with Crippen molar-refractivity contribution >= 4 is 39.2 Å². The minimum Gasteiger partial charge on any atom is -0.465 e. The highest BCUT2D eigenvalue weighted by molar-refractivity contribution is 9.10. The van der Waals surface area contributed by atoms with E-state index in [-0.39, 0.29) is 29.6 Å². The van der Waals surface area contributed by atoms with Crippen molar-refractivity contribution in [3.63, 3.8) is 0 Å². The second-order valence-corrected chi connectivity index (χ2v) is 8.20. The number of benzene rings is 2. The Balaban J connectivity index is 1.95. The van der Waals surface area contributed by atoms with Crippen LogP contribution in [0.5, 0.6) is 0 Å². The molecule has 5 nitrogen and oxygen atoms in total. The fraction of sp³-hybridized carbons (Fsp3) is 0.286. The van der Waals surface area contributed by atoms with Gasteiger partial charge in [-0.1, -0.05) is 54.0 Å². The third-order valence-electron chi connectivity index (χ3n) is 4.45. The van der Waals surface area contributed by atoms with Gasteiger partial charge in [-0.15, -0.1) is 0 Å². The zero-order chi connectivity index (χ0) is 19.8. The van der Waals surface area contributed by atoms with Crippen molar-refractivity contribution in [2.45, 2.75) is 20.8 Å². The number of ether oxygens (including phenoxy) is 1. The quantitative estimate of drug-likeness (QED) is 0.614. The van der Waals surface area contributed by atoms with E-state index in [1.54, 1.807) is 36.4 Å². The number of nitrogens with one attached hydrogen (secondary N) is 1. The van der Waals surface area contributed by atoms with Crippen LogP contribution >= 0.6 is 15.9 Å². The average Bonchev–Trinajstić information content (AvgIpc) is 2.63. The molecule has 0 heterocycles. The Morgan fingerprint density at radius 1 is 1.04 bits per heavy atom. The molecule has 0 fully saturated rings. The molecular weight excluding hydrogens is 410 g/mol. The number of hydrogen-bond donors (Lipinski definition) is 1. The first-order valence-corrected chi connectivity index (χ1v) is 9.39. The molecule has 0 amide bonds. The van der Waals surface area contributed by atoms with Gasteiger partial charge >= 0.3 is 5.97 Å². The SMILES string of the molecule is CC(=O)OCC(C)(C)CNc1ccc(Br)c2c1C(=O)c1ccccc1C2=O.